The summed E-state index contributed by atoms with van der Waals surface area (Å²) in [7, 11) is 2.12. The Morgan fingerprint density at radius 1 is 1.17 bits per heavy atom. The van der Waals surface area contributed by atoms with E-state index in [1.165, 1.54) is 5.69 Å². The molecule has 0 radical (unpaired) electrons. The fraction of sp³-hybridized carbons (Fsp3) is 0.421. The van der Waals surface area contributed by atoms with Crippen LogP contribution in [0.5, 0.6) is 0 Å². The van der Waals surface area contributed by atoms with Crippen LogP contribution in [-0.2, 0) is 0 Å². The molecule has 2 aromatic rings. The minimum absolute atomic E-state index is 0.495. The number of aromatic nitrogens is 2. The quantitative estimate of drug-likeness (QED) is 0.869. The third kappa shape index (κ3) is 3.33. The first-order valence-electron chi connectivity index (χ1n) is 8.35. The molecule has 1 aromatic heterocycles. The lowest BCUT2D eigenvalue weighted by atomic mass is 10.0. The van der Waals surface area contributed by atoms with Crippen molar-refractivity contribution in [3.63, 3.8) is 0 Å². The average molecular weight is 321 g/mol. The monoisotopic (exact) mass is 321 g/mol. The van der Waals surface area contributed by atoms with Crippen molar-refractivity contribution in [2.45, 2.75) is 32.7 Å². The van der Waals surface area contributed by atoms with E-state index in [4.69, 9.17) is 5.26 Å². The fourth-order valence-electron chi connectivity index (χ4n) is 3.30. The van der Waals surface area contributed by atoms with Gasteiger partial charge in [0.1, 0.15) is 12.1 Å². The van der Waals surface area contributed by atoms with E-state index in [0.29, 0.717) is 6.04 Å². The van der Waals surface area contributed by atoms with Gasteiger partial charge < -0.3 is 9.80 Å². The van der Waals surface area contributed by atoms with Crippen molar-refractivity contribution in [1.29, 1.82) is 5.26 Å². The highest BCUT2D eigenvalue weighted by molar-refractivity contribution is 5.54. The highest BCUT2D eigenvalue weighted by Gasteiger charge is 2.23. The summed E-state index contributed by atoms with van der Waals surface area (Å²) < 4.78 is 0. The molecule has 1 aliphatic heterocycles. The van der Waals surface area contributed by atoms with Crippen LogP contribution in [0.25, 0.3) is 0 Å². The summed E-state index contributed by atoms with van der Waals surface area (Å²) in [5.74, 6) is 0.996. The molecular formula is C19H23N5. The Hall–Kier alpha value is -2.61. The zero-order chi connectivity index (χ0) is 17.1. The molecule has 0 saturated carbocycles. The Labute approximate surface area is 143 Å². The number of hydrogen-bond donors (Lipinski definition) is 0. The number of aryl methyl sites for hydroxylation is 2. The molecule has 5 heteroatoms. The summed E-state index contributed by atoms with van der Waals surface area (Å²) in [6, 6.07) is 10.9. The zero-order valence-corrected chi connectivity index (χ0v) is 14.5. The van der Waals surface area contributed by atoms with E-state index in [0.717, 1.165) is 48.6 Å². The predicted octanol–water partition coefficient (Wildman–Crippen LogP) is 3.07. The lowest BCUT2D eigenvalue weighted by Crippen LogP contribution is -2.43. The number of nitrogens with zero attached hydrogens (tertiary/aromatic N) is 5. The van der Waals surface area contributed by atoms with Crippen LogP contribution in [0.15, 0.2) is 30.6 Å². The van der Waals surface area contributed by atoms with Crippen LogP contribution in [0, 0.1) is 25.2 Å². The molecule has 5 nitrogen and oxygen atoms in total. The van der Waals surface area contributed by atoms with Crippen LogP contribution in [0.1, 0.15) is 29.7 Å². The maximum absolute atomic E-state index is 9.06. The summed E-state index contributed by atoms with van der Waals surface area (Å²) >= 11 is 0. The SMILES string of the molecule is Cc1cc(N(C)C2CCN(c3ccc(C#N)c(C)c3)CC2)ncn1. The van der Waals surface area contributed by atoms with Crippen LogP contribution in [0.4, 0.5) is 11.5 Å². The van der Waals surface area contributed by atoms with Crippen molar-refractivity contribution in [3.05, 3.63) is 47.4 Å². The summed E-state index contributed by atoms with van der Waals surface area (Å²) in [5, 5.41) is 9.06. The molecule has 0 atom stereocenters. The van der Waals surface area contributed by atoms with Gasteiger partial charge in [-0.1, -0.05) is 0 Å². The molecule has 0 amide bonds. The topological polar surface area (TPSA) is 56.0 Å². The Kier molecular flexibility index (Phi) is 4.66. The highest BCUT2D eigenvalue weighted by atomic mass is 15.2. The maximum atomic E-state index is 9.06. The molecule has 1 saturated heterocycles. The summed E-state index contributed by atoms with van der Waals surface area (Å²) in [5.41, 5.74) is 4.01. The minimum atomic E-state index is 0.495. The van der Waals surface area contributed by atoms with Crippen LogP contribution < -0.4 is 9.80 Å². The van der Waals surface area contributed by atoms with Gasteiger partial charge in [-0.05, 0) is 50.5 Å². The first-order chi connectivity index (χ1) is 11.6. The molecule has 124 valence electrons. The molecule has 1 aliphatic rings. The van der Waals surface area contributed by atoms with E-state index in [1.54, 1.807) is 6.33 Å². The number of nitriles is 1. The van der Waals surface area contributed by atoms with E-state index in [1.807, 2.05) is 26.0 Å². The van der Waals surface area contributed by atoms with Crippen molar-refractivity contribution in [1.82, 2.24) is 9.97 Å². The van der Waals surface area contributed by atoms with Gasteiger partial charge in [-0.3, -0.25) is 0 Å². The van der Waals surface area contributed by atoms with Crippen molar-refractivity contribution in [2.24, 2.45) is 0 Å². The van der Waals surface area contributed by atoms with Gasteiger partial charge in [0.25, 0.3) is 0 Å². The second kappa shape index (κ2) is 6.88. The molecule has 2 heterocycles. The van der Waals surface area contributed by atoms with E-state index in [2.05, 4.69) is 45.0 Å². The third-order valence-electron chi connectivity index (χ3n) is 4.86. The van der Waals surface area contributed by atoms with Crippen molar-refractivity contribution in [2.75, 3.05) is 29.9 Å². The van der Waals surface area contributed by atoms with Gasteiger partial charge in [0.15, 0.2) is 0 Å². The van der Waals surface area contributed by atoms with Crippen LogP contribution in [-0.4, -0.2) is 36.1 Å². The molecule has 0 bridgehead atoms. The van der Waals surface area contributed by atoms with E-state index < -0.39 is 0 Å². The number of hydrogen-bond acceptors (Lipinski definition) is 5. The Balaban J connectivity index is 1.65. The van der Waals surface area contributed by atoms with Gasteiger partial charge in [0.05, 0.1) is 11.6 Å². The Morgan fingerprint density at radius 2 is 1.92 bits per heavy atom. The third-order valence-corrected chi connectivity index (χ3v) is 4.86. The second-order valence-corrected chi connectivity index (χ2v) is 6.46. The smallest absolute Gasteiger partial charge is 0.132 e. The molecule has 1 fully saturated rings. The van der Waals surface area contributed by atoms with Gasteiger partial charge in [-0.15, -0.1) is 0 Å². The average Bonchev–Trinajstić information content (AvgIpc) is 2.61. The second-order valence-electron chi connectivity index (χ2n) is 6.46. The summed E-state index contributed by atoms with van der Waals surface area (Å²) in [4.78, 5) is 13.2. The van der Waals surface area contributed by atoms with E-state index in [-0.39, 0.29) is 0 Å². The van der Waals surface area contributed by atoms with Crippen LogP contribution in [0.3, 0.4) is 0 Å². The normalized spacial score (nSPS) is 15.2. The van der Waals surface area contributed by atoms with Gasteiger partial charge in [-0.25, -0.2) is 9.97 Å². The maximum Gasteiger partial charge on any atom is 0.132 e. The standard InChI is InChI=1S/C19H23N5/c1-14-10-18(5-4-16(14)12-20)24-8-6-17(7-9-24)23(3)19-11-15(2)21-13-22-19/h4-5,10-11,13,17H,6-9H2,1-3H3. The van der Waals surface area contributed by atoms with Crippen molar-refractivity contribution in [3.8, 4) is 6.07 Å². The van der Waals surface area contributed by atoms with Gasteiger partial charge in [-0.2, -0.15) is 5.26 Å². The highest BCUT2D eigenvalue weighted by Crippen LogP contribution is 2.26. The molecule has 0 spiro atoms. The van der Waals surface area contributed by atoms with Crippen molar-refractivity contribution < 1.29 is 0 Å². The fourth-order valence-corrected chi connectivity index (χ4v) is 3.30. The number of piperidine rings is 1. The number of rotatable bonds is 3. The number of benzene rings is 1. The van der Waals surface area contributed by atoms with Gasteiger partial charge >= 0.3 is 0 Å². The van der Waals surface area contributed by atoms with Gasteiger partial charge in [0, 0.05) is 43.6 Å². The molecule has 0 aliphatic carbocycles. The molecule has 0 N–H and O–H groups in total. The first kappa shape index (κ1) is 16.3. The molecule has 24 heavy (non-hydrogen) atoms. The molecule has 0 unspecified atom stereocenters. The van der Waals surface area contributed by atoms with E-state index in [9.17, 15) is 0 Å². The minimum Gasteiger partial charge on any atom is -0.371 e. The van der Waals surface area contributed by atoms with E-state index >= 15 is 0 Å². The lowest BCUT2D eigenvalue weighted by molar-refractivity contribution is 0.480. The van der Waals surface area contributed by atoms with Crippen LogP contribution >= 0.6 is 0 Å². The summed E-state index contributed by atoms with van der Waals surface area (Å²) in [6.07, 6.45) is 3.83. The Bertz CT molecular complexity index is 757. The first-order valence-corrected chi connectivity index (χ1v) is 8.35. The zero-order valence-electron chi connectivity index (χ0n) is 14.5. The van der Waals surface area contributed by atoms with Crippen LogP contribution in [0.2, 0.25) is 0 Å². The van der Waals surface area contributed by atoms with Gasteiger partial charge in [0.2, 0.25) is 0 Å². The Morgan fingerprint density at radius 3 is 2.54 bits per heavy atom. The lowest BCUT2D eigenvalue weighted by Gasteiger charge is -2.38. The largest absolute Gasteiger partial charge is 0.371 e. The molecular weight excluding hydrogens is 298 g/mol. The molecule has 3 rings (SSSR count). The molecule has 1 aromatic carbocycles. The summed E-state index contributed by atoms with van der Waals surface area (Å²) in [6.45, 7) is 6.03. The van der Waals surface area contributed by atoms with Crippen molar-refractivity contribution >= 4 is 11.5 Å². The number of anilines is 2. The predicted molar refractivity (Wildman–Crippen MR) is 96.3 cm³/mol.